The summed E-state index contributed by atoms with van der Waals surface area (Å²) in [7, 11) is 2.84. The minimum atomic E-state index is -0.647. The number of halogens is 2. The number of carbonyl (C=O) groups is 2. The molecular weight excluding hydrogens is 609 g/mol. The molecule has 5 rings (SSSR count). The van der Waals surface area contributed by atoms with Gasteiger partial charge in [0.05, 0.1) is 27.7 Å². The molecule has 2 heterocycles. The van der Waals surface area contributed by atoms with E-state index in [0.29, 0.717) is 20.3 Å². The Bertz CT molecular complexity index is 1490. The van der Waals surface area contributed by atoms with Gasteiger partial charge in [0, 0.05) is 36.6 Å². The fourth-order valence-corrected chi connectivity index (χ4v) is 5.96. The molecule has 1 aliphatic heterocycles. The zero-order chi connectivity index (χ0) is 23.8. The molecule has 0 bridgehead atoms. The van der Waals surface area contributed by atoms with E-state index >= 15 is 0 Å². The molecule has 1 aromatic heterocycles. The van der Waals surface area contributed by atoms with Crippen LogP contribution in [0.2, 0.25) is 0 Å². The highest BCUT2D eigenvalue weighted by Gasteiger charge is 2.45. The van der Waals surface area contributed by atoms with Gasteiger partial charge >= 0.3 is 11.4 Å². The molecule has 2 aromatic rings. The quantitative estimate of drug-likeness (QED) is 0.311. The summed E-state index contributed by atoms with van der Waals surface area (Å²) in [6.45, 7) is 0.161. The number of phenols is 1. The first-order chi connectivity index (χ1) is 15.6. The molecule has 0 spiro atoms. The van der Waals surface area contributed by atoms with Crippen LogP contribution >= 0.6 is 38.5 Å². The van der Waals surface area contributed by atoms with Crippen LogP contribution in [-0.2, 0) is 23.2 Å². The lowest BCUT2D eigenvalue weighted by molar-refractivity contribution is -0.115. The van der Waals surface area contributed by atoms with Gasteiger partial charge < -0.3 is 9.84 Å². The maximum absolute atomic E-state index is 13.2. The smallest absolute Gasteiger partial charge is 0.347 e. The van der Waals surface area contributed by atoms with Gasteiger partial charge in [-0.2, -0.15) is 0 Å². The third-order valence-electron chi connectivity index (χ3n) is 6.39. The molecule has 1 N–H and O–H groups in total. The Morgan fingerprint density at radius 1 is 1.18 bits per heavy atom. The third-order valence-corrected chi connectivity index (χ3v) is 7.80. The molecule has 0 saturated heterocycles. The van der Waals surface area contributed by atoms with E-state index in [1.807, 2.05) is 28.7 Å². The molecule has 33 heavy (non-hydrogen) atoms. The van der Waals surface area contributed by atoms with Gasteiger partial charge in [-0.1, -0.05) is 6.08 Å². The van der Waals surface area contributed by atoms with Crippen molar-refractivity contribution in [1.82, 2.24) is 13.9 Å². The second-order valence-electron chi connectivity index (χ2n) is 8.04. The summed E-state index contributed by atoms with van der Waals surface area (Å²) < 4.78 is 9.75. The van der Waals surface area contributed by atoms with Gasteiger partial charge in [0.15, 0.2) is 23.1 Å². The van der Waals surface area contributed by atoms with Crippen LogP contribution in [0, 0.1) is 3.57 Å². The molecule has 0 amide bonds. The zero-order valence-electron chi connectivity index (χ0n) is 17.5. The van der Waals surface area contributed by atoms with Gasteiger partial charge in [0.2, 0.25) is 0 Å². The summed E-state index contributed by atoms with van der Waals surface area (Å²) >= 11 is 5.16. The zero-order valence-corrected chi connectivity index (χ0v) is 21.2. The van der Waals surface area contributed by atoms with Crippen molar-refractivity contribution in [2.24, 2.45) is 7.05 Å². The van der Waals surface area contributed by atoms with Crippen molar-refractivity contribution in [3.05, 3.63) is 75.6 Å². The topological polar surface area (TPSA) is 113 Å². The molecule has 2 atom stereocenters. The van der Waals surface area contributed by atoms with Crippen LogP contribution in [0.3, 0.4) is 0 Å². The van der Waals surface area contributed by atoms with E-state index in [-0.39, 0.29) is 40.5 Å². The molecule has 0 radical (unpaired) electrons. The highest BCUT2D eigenvalue weighted by molar-refractivity contribution is 14.1. The number of benzene rings is 1. The average molecular weight is 626 g/mol. The van der Waals surface area contributed by atoms with Crippen LogP contribution in [0.1, 0.15) is 23.9 Å². The summed E-state index contributed by atoms with van der Waals surface area (Å²) in [5, 5.41) is 10.3. The monoisotopic (exact) mass is 625 g/mol. The van der Waals surface area contributed by atoms with Crippen molar-refractivity contribution < 1.29 is 19.4 Å². The van der Waals surface area contributed by atoms with Gasteiger partial charge in [-0.15, -0.1) is 0 Å². The van der Waals surface area contributed by atoms with Crippen molar-refractivity contribution in [3.8, 4) is 11.5 Å². The Balaban J connectivity index is 1.81. The van der Waals surface area contributed by atoms with Gasteiger partial charge in [-0.3, -0.25) is 9.59 Å². The Hall–Kier alpha value is -2.67. The van der Waals surface area contributed by atoms with E-state index in [1.165, 1.54) is 29.6 Å². The Morgan fingerprint density at radius 3 is 2.61 bits per heavy atom. The third kappa shape index (κ3) is 3.08. The van der Waals surface area contributed by atoms with E-state index in [0.717, 1.165) is 10.1 Å². The van der Waals surface area contributed by atoms with Crippen LogP contribution in [0.4, 0.5) is 0 Å². The number of Topliss-reactive ketones (excluding diaryl/α,β-unsaturated/α-hetero) is 1. The average Bonchev–Trinajstić information content (AvgIpc) is 3.02. The largest absolute Gasteiger partial charge is 0.504 e. The molecule has 0 fully saturated rings. The van der Waals surface area contributed by atoms with E-state index in [1.54, 1.807) is 12.1 Å². The highest BCUT2D eigenvalue weighted by atomic mass is 127. The molecule has 0 saturated carbocycles. The molecule has 1 aromatic carbocycles. The number of phenolic OH excluding ortho intramolecular Hbond substituents is 1. The summed E-state index contributed by atoms with van der Waals surface area (Å²) in [5.74, 6) is -1.06. The second kappa shape index (κ2) is 7.69. The number of aromatic hydroxyl groups is 1. The summed E-state index contributed by atoms with van der Waals surface area (Å²) in [4.78, 5) is 51.8. The SMILES string of the molecule is COc1cc([C@H]2C3=CCn4c(=O)n(C)c(=O)n4[C@@H]3CC3=C2C(=O)C=C(Br)C3=O)cc(I)c1O. The van der Waals surface area contributed by atoms with Crippen molar-refractivity contribution in [3.63, 3.8) is 0 Å². The predicted molar refractivity (Wildman–Crippen MR) is 130 cm³/mol. The number of aromatic nitrogens is 3. The number of nitrogens with zero attached hydrogens (tertiary/aromatic N) is 3. The molecule has 11 heteroatoms. The lowest BCUT2D eigenvalue weighted by atomic mass is 9.69. The first kappa shape index (κ1) is 22.1. The molecule has 9 nitrogen and oxygen atoms in total. The van der Waals surface area contributed by atoms with Gasteiger partial charge in [-0.25, -0.2) is 23.5 Å². The summed E-state index contributed by atoms with van der Waals surface area (Å²) in [6.07, 6.45) is 3.23. The lowest BCUT2D eigenvalue weighted by Crippen LogP contribution is -2.40. The number of hydrogen-bond donors (Lipinski definition) is 1. The van der Waals surface area contributed by atoms with Crippen molar-refractivity contribution in [2.45, 2.75) is 24.9 Å². The summed E-state index contributed by atoms with van der Waals surface area (Å²) in [5.41, 5.74) is 1.11. The van der Waals surface area contributed by atoms with E-state index < -0.39 is 23.3 Å². The van der Waals surface area contributed by atoms with Crippen LogP contribution in [0.15, 0.2) is 55.1 Å². The Morgan fingerprint density at radius 2 is 1.91 bits per heavy atom. The van der Waals surface area contributed by atoms with Crippen LogP contribution in [0.5, 0.6) is 11.5 Å². The predicted octanol–water partition coefficient (Wildman–Crippen LogP) is 2.06. The van der Waals surface area contributed by atoms with Gasteiger partial charge in [0.25, 0.3) is 0 Å². The minimum Gasteiger partial charge on any atom is -0.504 e. The number of methoxy groups -OCH3 is 1. The Labute approximate surface area is 208 Å². The molecule has 0 unspecified atom stereocenters. The maximum Gasteiger partial charge on any atom is 0.347 e. The fourth-order valence-electron chi connectivity index (χ4n) is 4.88. The first-order valence-electron chi connectivity index (χ1n) is 9.99. The molecule has 170 valence electrons. The molecule has 3 aliphatic rings. The van der Waals surface area contributed by atoms with E-state index in [2.05, 4.69) is 15.9 Å². The number of rotatable bonds is 2. The van der Waals surface area contributed by atoms with Gasteiger partial charge in [0.1, 0.15) is 0 Å². The van der Waals surface area contributed by atoms with Crippen molar-refractivity contribution in [2.75, 3.05) is 7.11 Å². The van der Waals surface area contributed by atoms with E-state index in [4.69, 9.17) is 4.74 Å². The number of hydrogen-bond acceptors (Lipinski definition) is 6. The number of ketones is 2. The maximum atomic E-state index is 13.2. The first-order valence-corrected chi connectivity index (χ1v) is 11.9. The van der Waals surface area contributed by atoms with Gasteiger partial charge in [-0.05, 0) is 61.8 Å². The van der Waals surface area contributed by atoms with Crippen molar-refractivity contribution >= 4 is 50.1 Å². The van der Waals surface area contributed by atoms with Crippen LogP contribution in [0.25, 0.3) is 0 Å². The normalized spacial score (nSPS) is 21.8. The highest BCUT2D eigenvalue weighted by Crippen LogP contribution is 2.51. The van der Waals surface area contributed by atoms with E-state index in [9.17, 15) is 24.3 Å². The number of carbonyl (C=O) groups excluding carboxylic acids is 2. The molecule has 2 aliphatic carbocycles. The standard InChI is InChI=1S/C22H17BrIN3O6/c1-25-21(31)26-4-3-10-14(27(26)22(25)32)7-11-18(15(28)8-12(23)19(11)29)17(10)9-5-13(24)20(30)16(6-9)33-2/h3,5-6,8,14,17,30H,4,7H2,1-2H3/t14-,17+/m1/s1. The number of ether oxygens (including phenoxy) is 1. The second-order valence-corrected chi connectivity index (χ2v) is 10.1. The number of allylic oxidation sites excluding steroid dienone is 6. The summed E-state index contributed by atoms with van der Waals surface area (Å²) in [6, 6.07) is 2.75. The minimum absolute atomic E-state index is 0.0251. The Kier molecular flexibility index (Phi) is 5.16. The molecular formula is C22H17BrIN3O6. The van der Waals surface area contributed by atoms with Crippen LogP contribution in [-0.4, -0.2) is 37.7 Å². The fraction of sp³-hybridized carbons (Fsp3) is 0.273. The van der Waals surface area contributed by atoms with Crippen LogP contribution < -0.4 is 16.1 Å². The van der Waals surface area contributed by atoms with Crippen molar-refractivity contribution in [1.29, 1.82) is 0 Å². The number of fused-ring (bicyclic) bond motifs is 3. The lowest BCUT2D eigenvalue weighted by Gasteiger charge is -2.39.